The number of carbonyl (C=O) groups excluding carboxylic acids is 2. The van der Waals surface area contributed by atoms with E-state index in [0.717, 1.165) is 32.0 Å². The molecule has 2 aromatic rings. The molecule has 0 saturated carbocycles. The van der Waals surface area contributed by atoms with Crippen molar-refractivity contribution in [2.75, 3.05) is 49.1 Å². The molecule has 0 aliphatic carbocycles. The lowest BCUT2D eigenvalue weighted by atomic mass is 10.1. The zero-order valence-corrected chi connectivity index (χ0v) is 16.7. The molecule has 2 aliphatic heterocycles. The maximum Gasteiger partial charge on any atom is 0.414 e. The van der Waals surface area contributed by atoms with Gasteiger partial charge in [0.15, 0.2) is 0 Å². The second kappa shape index (κ2) is 8.66. The normalized spacial score (nSPS) is 19.0. The standard InChI is InChI=1S/C21H24FN5O3/c1-14(28)24-12-17-13-27(21(29)30-17)16-3-4-18(19(22)10-16)15-2-5-20(25-11-15)26-8-6-23-7-9-26/h2-5,10-11,17,23H,6-9,12-13H2,1H3,(H,24,28)/t17-/m0/s1. The lowest BCUT2D eigenvalue weighted by Crippen LogP contribution is -2.43. The minimum Gasteiger partial charge on any atom is -0.442 e. The van der Waals surface area contributed by atoms with Gasteiger partial charge in [-0.15, -0.1) is 0 Å². The Morgan fingerprint density at radius 3 is 2.77 bits per heavy atom. The van der Waals surface area contributed by atoms with Crippen molar-refractivity contribution in [1.29, 1.82) is 0 Å². The lowest BCUT2D eigenvalue weighted by Gasteiger charge is -2.28. The Bertz CT molecular complexity index is 931. The molecule has 2 amide bonds. The van der Waals surface area contributed by atoms with E-state index in [-0.39, 0.29) is 19.0 Å². The van der Waals surface area contributed by atoms with Crippen molar-refractivity contribution in [2.24, 2.45) is 0 Å². The van der Waals surface area contributed by atoms with Gasteiger partial charge in [-0.3, -0.25) is 9.69 Å². The molecule has 30 heavy (non-hydrogen) atoms. The highest BCUT2D eigenvalue weighted by Crippen LogP contribution is 2.29. The van der Waals surface area contributed by atoms with Crippen LogP contribution in [0.4, 0.5) is 20.7 Å². The topological polar surface area (TPSA) is 86.8 Å². The second-order valence-corrected chi connectivity index (χ2v) is 7.36. The number of amides is 2. The number of hydrogen-bond acceptors (Lipinski definition) is 6. The number of pyridine rings is 1. The van der Waals surface area contributed by atoms with Crippen LogP contribution in [-0.4, -0.2) is 62.4 Å². The van der Waals surface area contributed by atoms with E-state index >= 15 is 0 Å². The highest BCUT2D eigenvalue weighted by Gasteiger charge is 2.32. The third kappa shape index (κ3) is 4.35. The number of piperazine rings is 1. The number of aromatic nitrogens is 1. The molecule has 1 aromatic heterocycles. The fourth-order valence-corrected chi connectivity index (χ4v) is 3.63. The van der Waals surface area contributed by atoms with Crippen LogP contribution in [0.5, 0.6) is 0 Å². The maximum absolute atomic E-state index is 14.8. The van der Waals surface area contributed by atoms with E-state index in [9.17, 15) is 14.0 Å². The van der Waals surface area contributed by atoms with Gasteiger partial charge >= 0.3 is 6.09 Å². The number of ether oxygens (including phenoxy) is 1. The van der Waals surface area contributed by atoms with Gasteiger partial charge in [0.05, 0.1) is 18.8 Å². The first-order valence-electron chi connectivity index (χ1n) is 9.95. The van der Waals surface area contributed by atoms with Gasteiger partial charge in [0.2, 0.25) is 5.91 Å². The molecule has 0 unspecified atom stereocenters. The molecule has 1 atom stereocenters. The molecular formula is C21H24FN5O3. The van der Waals surface area contributed by atoms with Gasteiger partial charge in [0.1, 0.15) is 17.7 Å². The largest absolute Gasteiger partial charge is 0.442 e. The van der Waals surface area contributed by atoms with Crippen molar-refractivity contribution < 1.29 is 18.7 Å². The Balaban J connectivity index is 1.47. The minimum absolute atomic E-state index is 0.198. The molecule has 9 heteroatoms. The monoisotopic (exact) mass is 413 g/mol. The SMILES string of the molecule is CC(=O)NC[C@H]1CN(c2ccc(-c3ccc(N4CCNCC4)nc3)c(F)c2)C(=O)O1. The summed E-state index contributed by atoms with van der Waals surface area (Å²) in [6.07, 6.45) is 0.647. The smallest absolute Gasteiger partial charge is 0.414 e. The van der Waals surface area contributed by atoms with E-state index in [4.69, 9.17) is 4.74 Å². The summed E-state index contributed by atoms with van der Waals surface area (Å²) < 4.78 is 20.1. The average Bonchev–Trinajstić information content (AvgIpc) is 3.13. The number of nitrogens with one attached hydrogen (secondary N) is 2. The molecule has 158 valence electrons. The molecule has 2 N–H and O–H groups in total. The van der Waals surface area contributed by atoms with Gasteiger partial charge in [-0.05, 0) is 30.3 Å². The number of benzene rings is 1. The molecule has 2 fully saturated rings. The third-order valence-electron chi connectivity index (χ3n) is 5.22. The summed E-state index contributed by atoms with van der Waals surface area (Å²) in [5.41, 5.74) is 1.50. The number of nitrogens with zero attached hydrogens (tertiary/aromatic N) is 3. The van der Waals surface area contributed by atoms with Crippen LogP contribution in [0.3, 0.4) is 0 Å². The summed E-state index contributed by atoms with van der Waals surface area (Å²) in [5, 5.41) is 5.92. The Kier molecular flexibility index (Phi) is 5.80. The van der Waals surface area contributed by atoms with Crippen molar-refractivity contribution in [1.82, 2.24) is 15.6 Å². The Morgan fingerprint density at radius 2 is 2.10 bits per heavy atom. The van der Waals surface area contributed by atoms with Crippen LogP contribution in [0.15, 0.2) is 36.5 Å². The van der Waals surface area contributed by atoms with Gasteiger partial charge in [0, 0.05) is 50.4 Å². The highest BCUT2D eigenvalue weighted by molar-refractivity contribution is 5.90. The number of carbonyl (C=O) groups is 2. The fourth-order valence-electron chi connectivity index (χ4n) is 3.63. The van der Waals surface area contributed by atoms with Crippen molar-refractivity contribution in [2.45, 2.75) is 13.0 Å². The predicted octanol–water partition coefficient (Wildman–Crippen LogP) is 1.76. The van der Waals surface area contributed by atoms with E-state index < -0.39 is 18.0 Å². The van der Waals surface area contributed by atoms with Gasteiger partial charge in [-0.25, -0.2) is 14.2 Å². The van der Waals surface area contributed by atoms with Crippen LogP contribution in [0.25, 0.3) is 11.1 Å². The van der Waals surface area contributed by atoms with E-state index in [1.807, 2.05) is 12.1 Å². The van der Waals surface area contributed by atoms with Crippen LogP contribution in [0.1, 0.15) is 6.92 Å². The second-order valence-electron chi connectivity index (χ2n) is 7.36. The van der Waals surface area contributed by atoms with Crippen LogP contribution < -0.4 is 20.4 Å². The van der Waals surface area contributed by atoms with Gasteiger partial charge in [-0.1, -0.05) is 0 Å². The van der Waals surface area contributed by atoms with Crippen LogP contribution >= 0.6 is 0 Å². The first-order chi connectivity index (χ1) is 14.5. The molecule has 3 heterocycles. The quantitative estimate of drug-likeness (QED) is 0.777. The molecule has 2 aliphatic rings. The summed E-state index contributed by atoms with van der Waals surface area (Å²) in [6.45, 7) is 5.50. The molecule has 1 aromatic carbocycles. The summed E-state index contributed by atoms with van der Waals surface area (Å²) in [7, 11) is 0. The van der Waals surface area contributed by atoms with Crippen molar-refractivity contribution in [3.63, 3.8) is 0 Å². The first-order valence-corrected chi connectivity index (χ1v) is 9.95. The number of cyclic esters (lactones) is 1. The summed E-state index contributed by atoms with van der Waals surface area (Å²) >= 11 is 0. The molecule has 0 bridgehead atoms. The summed E-state index contributed by atoms with van der Waals surface area (Å²) in [4.78, 5) is 31.2. The average molecular weight is 413 g/mol. The Hall–Kier alpha value is -3.20. The molecule has 8 nitrogen and oxygen atoms in total. The zero-order chi connectivity index (χ0) is 21.1. The molecular weight excluding hydrogens is 389 g/mol. The van der Waals surface area contributed by atoms with Gasteiger partial charge < -0.3 is 20.3 Å². The summed E-state index contributed by atoms with van der Waals surface area (Å²) in [5.74, 6) is 0.237. The lowest BCUT2D eigenvalue weighted by molar-refractivity contribution is -0.119. The molecule has 0 radical (unpaired) electrons. The van der Waals surface area contributed by atoms with Crippen molar-refractivity contribution in [3.8, 4) is 11.1 Å². The number of halogens is 1. The number of anilines is 2. The third-order valence-corrected chi connectivity index (χ3v) is 5.22. The number of hydrogen-bond donors (Lipinski definition) is 2. The van der Waals surface area contributed by atoms with Crippen molar-refractivity contribution >= 4 is 23.5 Å². The Morgan fingerprint density at radius 1 is 1.30 bits per heavy atom. The van der Waals surface area contributed by atoms with E-state index in [0.29, 0.717) is 16.8 Å². The van der Waals surface area contributed by atoms with Crippen LogP contribution in [0, 0.1) is 5.82 Å². The van der Waals surface area contributed by atoms with Crippen LogP contribution in [0.2, 0.25) is 0 Å². The van der Waals surface area contributed by atoms with E-state index in [2.05, 4.69) is 20.5 Å². The highest BCUT2D eigenvalue weighted by atomic mass is 19.1. The first kappa shape index (κ1) is 20.1. The van der Waals surface area contributed by atoms with E-state index in [1.165, 1.54) is 17.9 Å². The minimum atomic E-state index is -0.556. The molecule has 2 saturated heterocycles. The molecule has 4 rings (SSSR count). The van der Waals surface area contributed by atoms with Crippen LogP contribution in [-0.2, 0) is 9.53 Å². The van der Waals surface area contributed by atoms with Gasteiger partial charge in [-0.2, -0.15) is 0 Å². The number of rotatable bonds is 5. The van der Waals surface area contributed by atoms with Gasteiger partial charge in [0.25, 0.3) is 0 Å². The maximum atomic E-state index is 14.8. The summed E-state index contributed by atoms with van der Waals surface area (Å²) in [6, 6.07) is 8.40. The Labute approximate surface area is 174 Å². The fraction of sp³-hybridized carbons (Fsp3) is 0.381. The van der Waals surface area contributed by atoms with E-state index in [1.54, 1.807) is 18.3 Å². The zero-order valence-electron chi connectivity index (χ0n) is 16.7. The van der Waals surface area contributed by atoms with Crippen molar-refractivity contribution in [3.05, 3.63) is 42.3 Å². The predicted molar refractivity (Wildman–Crippen MR) is 111 cm³/mol. The molecule has 0 spiro atoms.